The number of rotatable bonds is 2. The molecule has 0 rings (SSSR count). The second-order valence-electron chi connectivity index (χ2n) is 1.83. The average Bonchev–Trinajstić information content (AvgIpc) is 1.65. The zero-order chi connectivity index (χ0) is 5.86. The molecule has 0 saturated heterocycles. The molecule has 0 aliphatic carbocycles. The molecule has 2 radical (unpaired) electrons. The van der Waals surface area contributed by atoms with E-state index in [1.807, 2.05) is 13.8 Å². The molecule has 0 N–H and O–H groups in total. The van der Waals surface area contributed by atoms with E-state index in [2.05, 4.69) is 0 Å². The van der Waals surface area contributed by atoms with E-state index in [1.165, 1.54) is 0 Å². The first-order chi connectivity index (χ1) is 3.18. The van der Waals surface area contributed by atoms with Crippen LogP contribution in [0.1, 0.15) is 13.8 Å². The third kappa shape index (κ3) is 2.43. The van der Waals surface area contributed by atoms with Gasteiger partial charge in [0.2, 0.25) is 0 Å². The first-order valence-corrected chi connectivity index (χ1v) is 2.41. The summed E-state index contributed by atoms with van der Waals surface area (Å²) in [5.41, 5.74) is 0. The van der Waals surface area contributed by atoms with Gasteiger partial charge in [-0.2, -0.15) is 0 Å². The maximum Gasteiger partial charge on any atom is 0.126 e. The maximum atomic E-state index is 10.4. The van der Waals surface area contributed by atoms with Crippen LogP contribution in [0, 0.1) is 5.92 Å². The van der Waals surface area contributed by atoms with Crippen molar-refractivity contribution in [3.63, 3.8) is 0 Å². The van der Waals surface area contributed by atoms with Gasteiger partial charge < -0.3 is 4.79 Å². The van der Waals surface area contributed by atoms with Crippen molar-refractivity contribution in [2.24, 2.45) is 5.92 Å². The fourth-order valence-electron chi connectivity index (χ4n) is 0.236. The van der Waals surface area contributed by atoms with Crippen LogP contribution in [0.4, 0.5) is 0 Å². The minimum atomic E-state index is 0.102. The molecule has 0 amide bonds. The van der Waals surface area contributed by atoms with Crippen LogP contribution in [-0.4, -0.2) is 13.6 Å². The van der Waals surface area contributed by atoms with Gasteiger partial charge in [0.05, 0.1) is 7.85 Å². The van der Waals surface area contributed by atoms with E-state index in [0.29, 0.717) is 0 Å². The lowest BCUT2D eigenvalue weighted by Crippen LogP contribution is -2.04. The molecule has 0 spiro atoms. The maximum absolute atomic E-state index is 10.4. The smallest absolute Gasteiger partial charge is 0.126 e. The molecule has 0 saturated carbocycles. The minimum absolute atomic E-state index is 0.102. The molecule has 0 heterocycles. The van der Waals surface area contributed by atoms with Gasteiger partial charge in [0.15, 0.2) is 0 Å². The van der Waals surface area contributed by atoms with Crippen LogP contribution < -0.4 is 0 Å². The van der Waals surface area contributed by atoms with Crippen LogP contribution in [0.5, 0.6) is 0 Å². The highest BCUT2D eigenvalue weighted by Gasteiger charge is 2.00. The summed E-state index contributed by atoms with van der Waals surface area (Å²) in [6.07, 6.45) is 0.178. The van der Waals surface area contributed by atoms with Crippen molar-refractivity contribution >= 4 is 13.6 Å². The SMILES string of the molecule is [B]CC(=O)C(C)C. The van der Waals surface area contributed by atoms with Gasteiger partial charge in [0.25, 0.3) is 0 Å². The lowest BCUT2D eigenvalue weighted by atomic mass is 9.94. The van der Waals surface area contributed by atoms with Gasteiger partial charge in [0, 0.05) is 5.92 Å². The largest absolute Gasteiger partial charge is 0.300 e. The standard InChI is InChI=1S/C5H9BO/c1-4(2)5(7)3-6/h4H,3H2,1-2H3. The Kier molecular flexibility index (Phi) is 2.73. The summed E-state index contributed by atoms with van der Waals surface area (Å²) in [5, 5.41) is 0. The molecule has 1 nitrogen and oxygen atoms in total. The molecule has 0 unspecified atom stereocenters. The topological polar surface area (TPSA) is 17.1 Å². The molecular weight excluding hydrogens is 86.9 g/mol. The zero-order valence-corrected chi connectivity index (χ0v) is 4.77. The molecule has 0 aliphatic rings. The van der Waals surface area contributed by atoms with E-state index in [-0.39, 0.29) is 18.0 Å². The molecule has 0 fully saturated rings. The Morgan fingerprint density at radius 1 is 1.71 bits per heavy atom. The van der Waals surface area contributed by atoms with Crippen molar-refractivity contribution in [1.29, 1.82) is 0 Å². The molecular formula is C5H9BO. The number of hydrogen-bond donors (Lipinski definition) is 0. The van der Waals surface area contributed by atoms with E-state index in [1.54, 1.807) is 0 Å². The number of carbonyl (C=O) groups excluding carboxylic acids is 1. The fourth-order valence-corrected chi connectivity index (χ4v) is 0.236. The molecule has 2 heteroatoms. The van der Waals surface area contributed by atoms with Crippen molar-refractivity contribution in [1.82, 2.24) is 0 Å². The van der Waals surface area contributed by atoms with Gasteiger partial charge in [-0.1, -0.05) is 13.8 Å². The molecule has 0 bridgehead atoms. The lowest BCUT2D eigenvalue weighted by molar-refractivity contribution is -0.119. The van der Waals surface area contributed by atoms with Gasteiger partial charge in [-0.15, -0.1) is 0 Å². The molecule has 0 atom stereocenters. The molecule has 0 aromatic heterocycles. The van der Waals surface area contributed by atoms with Crippen LogP contribution >= 0.6 is 0 Å². The van der Waals surface area contributed by atoms with E-state index < -0.39 is 0 Å². The first kappa shape index (κ1) is 6.73. The predicted molar refractivity (Wildman–Crippen MR) is 30.4 cm³/mol. The van der Waals surface area contributed by atoms with Crippen molar-refractivity contribution < 1.29 is 4.79 Å². The Hall–Kier alpha value is -0.265. The Balaban J connectivity index is 3.35. The van der Waals surface area contributed by atoms with Crippen LogP contribution in [0.2, 0.25) is 6.32 Å². The van der Waals surface area contributed by atoms with Gasteiger partial charge in [-0.3, -0.25) is 0 Å². The van der Waals surface area contributed by atoms with E-state index in [4.69, 9.17) is 7.85 Å². The summed E-state index contributed by atoms with van der Waals surface area (Å²) in [6.45, 7) is 3.68. The minimum Gasteiger partial charge on any atom is -0.300 e. The summed E-state index contributed by atoms with van der Waals surface area (Å²) >= 11 is 0. The summed E-state index contributed by atoms with van der Waals surface area (Å²) in [4.78, 5) is 10.4. The number of ketones is 1. The highest BCUT2D eigenvalue weighted by molar-refractivity contribution is 6.20. The number of carbonyl (C=O) groups is 1. The van der Waals surface area contributed by atoms with Crippen molar-refractivity contribution in [3.05, 3.63) is 0 Å². The third-order valence-electron chi connectivity index (χ3n) is 0.845. The highest BCUT2D eigenvalue weighted by atomic mass is 16.1. The Bertz CT molecular complexity index is 68.5. The van der Waals surface area contributed by atoms with Crippen LogP contribution in [0.15, 0.2) is 0 Å². The zero-order valence-electron chi connectivity index (χ0n) is 4.77. The van der Waals surface area contributed by atoms with Gasteiger partial charge >= 0.3 is 0 Å². The van der Waals surface area contributed by atoms with E-state index in [0.717, 1.165) is 0 Å². The normalized spacial score (nSPS) is 9.57. The van der Waals surface area contributed by atoms with Crippen LogP contribution in [-0.2, 0) is 4.79 Å². The number of Topliss-reactive ketones (excluding diaryl/α,β-unsaturated/α-hetero) is 1. The highest BCUT2D eigenvalue weighted by Crippen LogP contribution is 1.94. The van der Waals surface area contributed by atoms with Gasteiger partial charge in [0.1, 0.15) is 5.78 Å². The summed E-state index contributed by atoms with van der Waals surface area (Å²) in [5.74, 6) is 0.227. The van der Waals surface area contributed by atoms with Gasteiger partial charge in [-0.05, 0) is 6.32 Å². The number of hydrogen-bond acceptors (Lipinski definition) is 1. The first-order valence-electron chi connectivity index (χ1n) is 2.41. The second-order valence-corrected chi connectivity index (χ2v) is 1.83. The van der Waals surface area contributed by atoms with Crippen LogP contribution in [0.25, 0.3) is 0 Å². The average molecular weight is 95.9 g/mol. The Morgan fingerprint density at radius 3 is 2.14 bits per heavy atom. The van der Waals surface area contributed by atoms with Crippen molar-refractivity contribution in [2.45, 2.75) is 20.2 Å². The monoisotopic (exact) mass is 96.1 g/mol. The molecule has 0 aromatic rings. The van der Waals surface area contributed by atoms with Gasteiger partial charge in [-0.25, -0.2) is 0 Å². The van der Waals surface area contributed by atoms with Crippen LogP contribution in [0.3, 0.4) is 0 Å². The Morgan fingerprint density at radius 2 is 2.14 bits per heavy atom. The fraction of sp³-hybridized carbons (Fsp3) is 0.800. The predicted octanol–water partition coefficient (Wildman–Crippen LogP) is 0.798. The quantitative estimate of drug-likeness (QED) is 0.464. The Labute approximate surface area is 45.5 Å². The van der Waals surface area contributed by atoms with Crippen molar-refractivity contribution in [3.8, 4) is 0 Å². The lowest BCUT2D eigenvalue weighted by Gasteiger charge is -1.96. The summed E-state index contributed by atoms with van der Waals surface area (Å²) < 4.78 is 0. The molecule has 0 aliphatic heterocycles. The van der Waals surface area contributed by atoms with E-state index in [9.17, 15) is 4.79 Å². The van der Waals surface area contributed by atoms with Crippen molar-refractivity contribution in [2.75, 3.05) is 0 Å². The summed E-state index contributed by atoms with van der Waals surface area (Å²) in [6, 6.07) is 0. The molecule has 38 valence electrons. The molecule has 0 aromatic carbocycles. The molecule has 7 heavy (non-hydrogen) atoms. The summed E-state index contributed by atoms with van der Waals surface area (Å²) in [7, 11) is 5.02. The third-order valence-corrected chi connectivity index (χ3v) is 0.845. The van der Waals surface area contributed by atoms with E-state index >= 15 is 0 Å². The second kappa shape index (κ2) is 2.83.